The maximum atomic E-state index is 10.3. The molecular formula is C13H19BrO4. The van der Waals surface area contributed by atoms with Crippen LogP contribution in [0.15, 0.2) is 16.6 Å². The summed E-state index contributed by atoms with van der Waals surface area (Å²) in [5.74, 6) is 1.23. The molecule has 0 aromatic heterocycles. The molecule has 1 aromatic rings. The average Bonchev–Trinajstić information content (AvgIpc) is 2.37. The van der Waals surface area contributed by atoms with Crippen molar-refractivity contribution in [3.05, 3.63) is 22.2 Å². The smallest absolute Gasteiger partial charge is 0.142 e. The lowest BCUT2D eigenvalue weighted by Gasteiger charge is -2.22. The van der Waals surface area contributed by atoms with Gasteiger partial charge in [0.05, 0.1) is 26.9 Å². The van der Waals surface area contributed by atoms with E-state index in [-0.39, 0.29) is 5.92 Å². The Morgan fingerprint density at radius 1 is 1.22 bits per heavy atom. The van der Waals surface area contributed by atoms with E-state index in [1.807, 2.05) is 6.92 Å². The van der Waals surface area contributed by atoms with Gasteiger partial charge in [0.25, 0.3) is 0 Å². The second kappa shape index (κ2) is 6.97. The molecule has 102 valence electrons. The van der Waals surface area contributed by atoms with Crippen molar-refractivity contribution < 1.29 is 19.3 Å². The average molecular weight is 319 g/mol. The summed E-state index contributed by atoms with van der Waals surface area (Å²) in [5.41, 5.74) is 0.717. The predicted octanol–water partition coefficient (Wildman–Crippen LogP) is 2.78. The van der Waals surface area contributed by atoms with E-state index in [4.69, 9.17) is 14.2 Å². The van der Waals surface area contributed by atoms with Crippen molar-refractivity contribution in [2.45, 2.75) is 13.0 Å². The summed E-state index contributed by atoms with van der Waals surface area (Å²) < 4.78 is 16.3. The minimum absolute atomic E-state index is 0.0239. The number of aliphatic hydroxyl groups is 1. The van der Waals surface area contributed by atoms with E-state index >= 15 is 0 Å². The van der Waals surface area contributed by atoms with Crippen LogP contribution in [0.2, 0.25) is 0 Å². The van der Waals surface area contributed by atoms with E-state index in [0.29, 0.717) is 22.6 Å². The predicted molar refractivity (Wildman–Crippen MR) is 73.2 cm³/mol. The SMILES string of the molecule is COCC(C)C(O)c1ccc(OC)c(Br)c1OC. The number of rotatable bonds is 6. The van der Waals surface area contributed by atoms with E-state index in [1.54, 1.807) is 33.5 Å². The van der Waals surface area contributed by atoms with Gasteiger partial charge in [0.2, 0.25) is 0 Å². The molecular weight excluding hydrogens is 300 g/mol. The molecule has 1 N–H and O–H groups in total. The van der Waals surface area contributed by atoms with Gasteiger partial charge >= 0.3 is 0 Å². The zero-order chi connectivity index (χ0) is 13.7. The first-order chi connectivity index (χ1) is 8.56. The highest BCUT2D eigenvalue weighted by molar-refractivity contribution is 9.10. The summed E-state index contributed by atoms with van der Waals surface area (Å²) in [4.78, 5) is 0. The minimum Gasteiger partial charge on any atom is -0.495 e. The van der Waals surface area contributed by atoms with Gasteiger partial charge in [-0.05, 0) is 28.1 Å². The van der Waals surface area contributed by atoms with Crippen molar-refractivity contribution in [2.75, 3.05) is 27.9 Å². The molecule has 1 rings (SSSR count). The van der Waals surface area contributed by atoms with Gasteiger partial charge in [0.15, 0.2) is 0 Å². The first-order valence-corrected chi connectivity index (χ1v) is 6.43. The van der Waals surface area contributed by atoms with Gasteiger partial charge in [-0.25, -0.2) is 0 Å². The number of ether oxygens (including phenoxy) is 3. The lowest BCUT2D eigenvalue weighted by molar-refractivity contribution is 0.0550. The topological polar surface area (TPSA) is 47.9 Å². The van der Waals surface area contributed by atoms with E-state index in [9.17, 15) is 5.11 Å². The molecule has 0 spiro atoms. The van der Waals surface area contributed by atoms with Crippen LogP contribution >= 0.6 is 15.9 Å². The Balaban J connectivity index is 3.12. The van der Waals surface area contributed by atoms with Crippen LogP contribution in [0.4, 0.5) is 0 Å². The Morgan fingerprint density at radius 2 is 1.89 bits per heavy atom. The fourth-order valence-electron chi connectivity index (χ4n) is 1.81. The maximum absolute atomic E-state index is 10.3. The van der Waals surface area contributed by atoms with Gasteiger partial charge in [-0.15, -0.1) is 0 Å². The molecule has 0 saturated carbocycles. The first kappa shape index (κ1) is 15.3. The highest BCUT2D eigenvalue weighted by Crippen LogP contribution is 2.41. The Labute approximate surface area is 116 Å². The fraction of sp³-hybridized carbons (Fsp3) is 0.538. The van der Waals surface area contributed by atoms with Crippen LogP contribution in [0, 0.1) is 5.92 Å². The normalized spacial score (nSPS) is 14.1. The van der Waals surface area contributed by atoms with Gasteiger partial charge in [-0.1, -0.05) is 6.92 Å². The Bertz CT molecular complexity index is 395. The van der Waals surface area contributed by atoms with Crippen molar-refractivity contribution in [3.8, 4) is 11.5 Å². The molecule has 0 amide bonds. The van der Waals surface area contributed by atoms with E-state index in [2.05, 4.69) is 15.9 Å². The van der Waals surface area contributed by atoms with Crippen molar-refractivity contribution >= 4 is 15.9 Å². The zero-order valence-electron chi connectivity index (χ0n) is 11.1. The fourth-order valence-corrected chi connectivity index (χ4v) is 2.50. The third kappa shape index (κ3) is 3.16. The van der Waals surface area contributed by atoms with Gasteiger partial charge in [-0.3, -0.25) is 0 Å². The maximum Gasteiger partial charge on any atom is 0.142 e. The zero-order valence-corrected chi connectivity index (χ0v) is 12.7. The summed E-state index contributed by atoms with van der Waals surface area (Å²) in [6, 6.07) is 3.60. The number of aliphatic hydroxyl groups excluding tert-OH is 1. The van der Waals surface area contributed by atoms with Crippen LogP contribution in [-0.4, -0.2) is 33.0 Å². The third-order valence-electron chi connectivity index (χ3n) is 2.80. The monoisotopic (exact) mass is 318 g/mol. The molecule has 0 radical (unpaired) electrons. The first-order valence-electron chi connectivity index (χ1n) is 5.64. The van der Waals surface area contributed by atoms with Gasteiger partial charge in [0, 0.05) is 18.6 Å². The number of hydrogen-bond acceptors (Lipinski definition) is 4. The standard InChI is InChI=1S/C13H19BrO4/c1-8(7-16-2)12(15)9-5-6-10(17-3)11(14)13(9)18-4/h5-6,8,12,15H,7H2,1-4H3. The molecule has 0 saturated heterocycles. The van der Waals surface area contributed by atoms with Gasteiger partial charge < -0.3 is 19.3 Å². The molecule has 0 bridgehead atoms. The minimum atomic E-state index is -0.651. The number of methoxy groups -OCH3 is 3. The van der Waals surface area contributed by atoms with Crippen molar-refractivity contribution in [2.24, 2.45) is 5.92 Å². The Morgan fingerprint density at radius 3 is 2.39 bits per heavy atom. The lowest BCUT2D eigenvalue weighted by Crippen LogP contribution is -2.15. The van der Waals surface area contributed by atoms with Crippen LogP contribution < -0.4 is 9.47 Å². The molecule has 0 fully saturated rings. The highest BCUT2D eigenvalue weighted by Gasteiger charge is 2.23. The number of hydrogen-bond donors (Lipinski definition) is 1. The highest BCUT2D eigenvalue weighted by atomic mass is 79.9. The molecule has 0 heterocycles. The molecule has 2 atom stereocenters. The second-order valence-electron chi connectivity index (χ2n) is 4.08. The summed E-state index contributed by atoms with van der Waals surface area (Å²) in [6.45, 7) is 2.40. The van der Waals surface area contributed by atoms with E-state index < -0.39 is 6.10 Å². The molecule has 1 aromatic carbocycles. The Hall–Kier alpha value is -0.780. The molecule has 0 aliphatic heterocycles. The van der Waals surface area contributed by atoms with E-state index in [1.165, 1.54) is 0 Å². The Kier molecular flexibility index (Phi) is 5.91. The molecule has 2 unspecified atom stereocenters. The van der Waals surface area contributed by atoms with Crippen molar-refractivity contribution in [1.82, 2.24) is 0 Å². The second-order valence-corrected chi connectivity index (χ2v) is 4.87. The van der Waals surface area contributed by atoms with Crippen molar-refractivity contribution in [1.29, 1.82) is 0 Å². The molecule has 4 nitrogen and oxygen atoms in total. The van der Waals surface area contributed by atoms with Gasteiger partial charge in [0.1, 0.15) is 16.0 Å². The molecule has 0 aliphatic rings. The summed E-state index contributed by atoms with van der Waals surface area (Å²) in [7, 11) is 4.77. The molecule has 5 heteroatoms. The molecule has 0 aliphatic carbocycles. The van der Waals surface area contributed by atoms with Crippen LogP contribution in [0.5, 0.6) is 11.5 Å². The quantitative estimate of drug-likeness (QED) is 0.876. The summed E-state index contributed by atoms with van der Waals surface area (Å²) in [6.07, 6.45) is -0.651. The number of benzene rings is 1. The number of halogens is 1. The van der Waals surface area contributed by atoms with Crippen LogP contribution in [0.1, 0.15) is 18.6 Å². The molecule has 18 heavy (non-hydrogen) atoms. The largest absolute Gasteiger partial charge is 0.495 e. The lowest BCUT2D eigenvalue weighted by atomic mass is 9.97. The van der Waals surface area contributed by atoms with Crippen LogP contribution in [-0.2, 0) is 4.74 Å². The van der Waals surface area contributed by atoms with Crippen LogP contribution in [0.3, 0.4) is 0 Å². The summed E-state index contributed by atoms with van der Waals surface area (Å²) >= 11 is 3.42. The summed E-state index contributed by atoms with van der Waals surface area (Å²) in [5, 5.41) is 10.3. The van der Waals surface area contributed by atoms with E-state index in [0.717, 1.165) is 5.56 Å². The van der Waals surface area contributed by atoms with Crippen LogP contribution in [0.25, 0.3) is 0 Å². The van der Waals surface area contributed by atoms with Gasteiger partial charge in [-0.2, -0.15) is 0 Å². The van der Waals surface area contributed by atoms with Crippen molar-refractivity contribution in [3.63, 3.8) is 0 Å². The third-order valence-corrected chi connectivity index (χ3v) is 3.55.